The number of rotatable bonds is 5. The highest BCUT2D eigenvalue weighted by atomic mass is 32.1. The highest BCUT2D eigenvalue weighted by Crippen LogP contribution is 2.34. The molecule has 0 aliphatic carbocycles. The van der Waals surface area contributed by atoms with Crippen LogP contribution in [-0.2, 0) is 0 Å². The molecule has 0 saturated carbocycles. The summed E-state index contributed by atoms with van der Waals surface area (Å²) in [5, 5.41) is 4.21. The van der Waals surface area contributed by atoms with Gasteiger partial charge in [-0.1, -0.05) is 19.1 Å². The maximum atomic E-state index is 12.6. The Balaban J connectivity index is 1.40. The molecule has 2 aromatic heterocycles. The van der Waals surface area contributed by atoms with Crippen molar-refractivity contribution < 1.29 is 4.79 Å². The highest BCUT2D eigenvalue weighted by Gasteiger charge is 2.21. The number of hydrogen-bond acceptors (Lipinski definition) is 5. The standard InChI is InChI=1S/C20H23N3OS2/c1-2-11-23-12-9-14(10-13-23)21-19(24)17-7-8-18(25-17)20-22-15-5-3-4-6-16(15)26-20/h3-8,14H,2,9-13H2,1H3,(H,21,24). The average molecular weight is 386 g/mol. The van der Waals surface area contributed by atoms with E-state index in [1.807, 2.05) is 30.3 Å². The van der Waals surface area contributed by atoms with Crippen molar-refractivity contribution in [2.75, 3.05) is 19.6 Å². The fraction of sp³-hybridized carbons (Fsp3) is 0.400. The second-order valence-corrected chi connectivity index (χ2v) is 8.85. The van der Waals surface area contributed by atoms with Gasteiger partial charge in [0.05, 0.1) is 20.0 Å². The molecule has 0 bridgehead atoms. The van der Waals surface area contributed by atoms with E-state index in [9.17, 15) is 4.79 Å². The van der Waals surface area contributed by atoms with E-state index >= 15 is 0 Å². The average Bonchev–Trinajstić information content (AvgIpc) is 3.30. The van der Waals surface area contributed by atoms with E-state index in [1.54, 1.807) is 11.3 Å². The zero-order valence-corrected chi connectivity index (χ0v) is 16.5. The summed E-state index contributed by atoms with van der Waals surface area (Å²) in [6.45, 7) is 5.55. The lowest BCUT2D eigenvalue weighted by atomic mass is 10.0. The van der Waals surface area contributed by atoms with Gasteiger partial charge in [-0.3, -0.25) is 4.79 Å². The number of piperidine rings is 1. The number of carbonyl (C=O) groups is 1. The molecule has 6 heteroatoms. The molecule has 1 aliphatic heterocycles. The van der Waals surface area contributed by atoms with Crippen LogP contribution >= 0.6 is 22.7 Å². The highest BCUT2D eigenvalue weighted by molar-refractivity contribution is 7.26. The SMILES string of the molecule is CCCN1CCC(NC(=O)c2ccc(-c3nc4ccccc4s3)s2)CC1. The van der Waals surface area contributed by atoms with Gasteiger partial charge >= 0.3 is 0 Å². The van der Waals surface area contributed by atoms with Crippen molar-refractivity contribution in [2.45, 2.75) is 32.2 Å². The van der Waals surface area contributed by atoms with Crippen molar-refractivity contribution in [3.05, 3.63) is 41.3 Å². The number of benzene rings is 1. The first-order valence-corrected chi connectivity index (χ1v) is 10.8. The maximum absolute atomic E-state index is 12.6. The Hall–Kier alpha value is -1.76. The van der Waals surface area contributed by atoms with Crippen molar-refractivity contribution in [2.24, 2.45) is 0 Å². The van der Waals surface area contributed by atoms with Gasteiger partial charge in [0.15, 0.2) is 0 Å². The summed E-state index contributed by atoms with van der Waals surface area (Å²) < 4.78 is 1.18. The summed E-state index contributed by atoms with van der Waals surface area (Å²) in [6.07, 6.45) is 3.28. The first-order chi connectivity index (χ1) is 12.7. The van der Waals surface area contributed by atoms with Crippen molar-refractivity contribution in [3.63, 3.8) is 0 Å². The number of aromatic nitrogens is 1. The molecule has 0 atom stereocenters. The molecule has 1 aromatic carbocycles. The lowest BCUT2D eigenvalue weighted by Crippen LogP contribution is -2.44. The first kappa shape index (κ1) is 17.6. The molecule has 136 valence electrons. The van der Waals surface area contributed by atoms with Crippen LogP contribution in [0.5, 0.6) is 0 Å². The van der Waals surface area contributed by atoms with Crippen LogP contribution in [0.4, 0.5) is 0 Å². The van der Waals surface area contributed by atoms with Crippen LogP contribution in [0.25, 0.3) is 20.1 Å². The number of nitrogens with zero attached hydrogens (tertiary/aromatic N) is 2. The number of para-hydroxylation sites is 1. The largest absolute Gasteiger partial charge is 0.349 e. The van der Waals surface area contributed by atoms with E-state index in [2.05, 4.69) is 28.2 Å². The lowest BCUT2D eigenvalue weighted by Gasteiger charge is -2.31. The van der Waals surface area contributed by atoms with Crippen LogP contribution in [0.15, 0.2) is 36.4 Å². The molecule has 1 fully saturated rings. The van der Waals surface area contributed by atoms with Gasteiger partial charge in [0.2, 0.25) is 0 Å². The smallest absolute Gasteiger partial charge is 0.261 e. The summed E-state index contributed by atoms with van der Waals surface area (Å²) in [4.78, 5) is 21.6. The van der Waals surface area contributed by atoms with E-state index < -0.39 is 0 Å². The molecule has 3 aromatic rings. The van der Waals surface area contributed by atoms with Gasteiger partial charge in [0.25, 0.3) is 5.91 Å². The Morgan fingerprint density at radius 3 is 2.77 bits per heavy atom. The zero-order valence-electron chi connectivity index (χ0n) is 14.9. The summed E-state index contributed by atoms with van der Waals surface area (Å²) >= 11 is 3.21. The number of thiophene rings is 1. The molecule has 1 saturated heterocycles. The van der Waals surface area contributed by atoms with E-state index in [0.29, 0.717) is 6.04 Å². The second kappa shape index (κ2) is 7.86. The molecule has 0 unspecified atom stereocenters. The van der Waals surface area contributed by atoms with E-state index in [4.69, 9.17) is 0 Å². The van der Waals surface area contributed by atoms with Gasteiger partial charge in [0, 0.05) is 19.1 Å². The van der Waals surface area contributed by atoms with Crippen molar-refractivity contribution in [1.29, 1.82) is 0 Å². The molecular weight excluding hydrogens is 362 g/mol. The first-order valence-electron chi connectivity index (χ1n) is 9.22. The third-order valence-electron chi connectivity index (χ3n) is 4.80. The summed E-state index contributed by atoms with van der Waals surface area (Å²) in [5.41, 5.74) is 1.02. The Kier molecular flexibility index (Phi) is 5.33. The minimum atomic E-state index is 0.0521. The van der Waals surface area contributed by atoms with Crippen LogP contribution in [0, 0.1) is 0 Å². The predicted molar refractivity (Wildman–Crippen MR) is 110 cm³/mol. The molecular formula is C20H23N3OS2. The van der Waals surface area contributed by atoms with Gasteiger partial charge in [-0.2, -0.15) is 0 Å². The van der Waals surface area contributed by atoms with E-state index in [1.165, 1.54) is 22.5 Å². The number of thiazole rings is 1. The molecule has 26 heavy (non-hydrogen) atoms. The van der Waals surface area contributed by atoms with Crippen molar-refractivity contribution in [1.82, 2.24) is 15.2 Å². The third kappa shape index (κ3) is 3.82. The topological polar surface area (TPSA) is 45.2 Å². The van der Waals surface area contributed by atoms with Crippen LogP contribution in [0.1, 0.15) is 35.9 Å². The number of amides is 1. The Labute approximate surface area is 161 Å². The van der Waals surface area contributed by atoms with Crippen LogP contribution < -0.4 is 5.32 Å². The summed E-state index contributed by atoms with van der Waals surface area (Å²) in [5.74, 6) is 0.0521. The molecule has 0 radical (unpaired) electrons. The number of nitrogens with one attached hydrogen (secondary N) is 1. The Morgan fingerprint density at radius 2 is 2.00 bits per heavy atom. The minimum Gasteiger partial charge on any atom is -0.349 e. The van der Waals surface area contributed by atoms with Crippen LogP contribution in [-0.4, -0.2) is 41.5 Å². The Bertz CT molecular complexity index is 860. The minimum absolute atomic E-state index is 0.0521. The third-order valence-corrected chi connectivity index (χ3v) is 7.09. The fourth-order valence-electron chi connectivity index (χ4n) is 3.43. The van der Waals surface area contributed by atoms with Crippen LogP contribution in [0.2, 0.25) is 0 Å². The quantitative estimate of drug-likeness (QED) is 0.696. The van der Waals surface area contributed by atoms with E-state index in [0.717, 1.165) is 52.8 Å². The molecule has 0 spiro atoms. The van der Waals surface area contributed by atoms with E-state index in [-0.39, 0.29) is 5.91 Å². The number of fused-ring (bicyclic) bond motifs is 1. The molecule has 1 aliphatic rings. The fourth-order valence-corrected chi connectivity index (χ4v) is 5.36. The molecule has 4 nitrogen and oxygen atoms in total. The zero-order chi connectivity index (χ0) is 17.9. The number of hydrogen-bond donors (Lipinski definition) is 1. The van der Waals surface area contributed by atoms with Gasteiger partial charge in [-0.25, -0.2) is 4.98 Å². The summed E-state index contributed by atoms with van der Waals surface area (Å²) in [6, 6.07) is 12.4. The Morgan fingerprint density at radius 1 is 1.19 bits per heavy atom. The van der Waals surface area contributed by atoms with Gasteiger partial charge in [-0.15, -0.1) is 22.7 Å². The van der Waals surface area contributed by atoms with Crippen LogP contribution in [0.3, 0.4) is 0 Å². The monoisotopic (exact) mass is 385 g/mol. The predicted octanol–water partition coefficient (Wildman–Crippen LogP) is 4.63. The normalized spacial score (nSPS) is 16.2. The molecule has 3 heterocycles. The molecule has 4 rings (SSSR count). The van der Waals surface area contributed by atoms with Crippen molar-refractivity contribution >= 4 is 38.8 Å². The van der Waals surface area contributed by atoms with Crippen molar-refractivity contribution in [3.8, 4) is 9.88 Å². The number of likely N-dealkylation sites (tertiary alicyclic amines) is 1. The second-order valence-electron chi connectivity index (χ2n) is 6.74. The molecule has 1 amide bonds. The summed E-state index contributed by atoms with van der Waals surface area (Å²) in [7, 11) is 0. The number of carbonyl (C=O) groups excluding carboxylic acids is 1. The lowest BCUT2D eigenvalue weighted by molar-refractivity contribution is 0.0915. The van der Waals surface area contributed by atoms with Gasteiger partial charge in [-0.05, 0) is 50.1 Å². The maximum Gasteiger partial charge on any atom is 0.261 e. The van der Waals surface area contributed by atoms with Gasteiger partial charge < -0.3 is 10.2 Å². The molecule has 1 N–H and O–H groups in total. The van der Waals surface area contributed by atoms with Gasteiger partial charge in [0.1, 0.15) is 5.01 Å².